The molecule has 0 aliphatic rings. The molecule has 0 aliphatic heterocycles. The number of pyridine rings is 1. The van der Waals surface area contributed by atoms with E-state index in [9.17, 15) is 9.18 Å². The average molecular weight is 344 g/mol. The first kappa shape index (κ1) is 13.9. The van der Waals surface area contributed by atoms with Crippen LogP contribution in [0.2, 0.25) is 0 Å². The second-order valence-electron chi connectivity index (χ2n) is 4.79. The van der Waals surface area contributed by atoms with Gasteiger partial charge in [0.15, 0.2) is 0 Å². The number of ketones is 1. The molecule has 1 heterocycles. The SMILES string of the molecule is Cc1cc(C(=O)c2cc(Br)ccc2F)nc2ccccc12. The monoisotopic (exact) mass is 343 g/mol. The van der Waals surface area contributed by atoms with E-state index in [-0.39, 0.29) is 11.3 Å². The number of aromatic nitrogens is 1. The Labute approximate surface area is 129 Å². The van der Waals surface area contributed by atoms with E-state index in [0.29, 0.717) is 4.47 Å². The molecular formula is C17H11BrFNO. The molecule has 2 nitrogen and oxygen atoms in total. The summed E-state index contributed by atoms with van der Waals surface area (Å²) in [6.45, 7) is 1.91. The molecule has 0 saturated heterocycles. The highest BCUT2D eigenvalue weighted by Gasteiger charge is 2.17. The molecule has 2 aromatic carbocycles. The van der Waals surface area contributed by atoms with Crippen molar-refractivity contribution in [1.29, 1.82) is 0 Å². The Morgan fingerprint density at radius 2 is 1.90 bits per heavy atom. The minimum Gasteiger partial charge on any atom is -0.287 e. The van der Waals surface area contributed by atoms with Crippen molar-refractivity contribution in [2.75, 3.05) is 0 Å². The largest absolute Gasteiger partial charge is 0.287 e. The van der Waals surface area contributed by atoms with Gasteiger partial charge < -0.3 is 0 Å². The molecule has 4 heteroatoms. The zero-order valence-corrected chi connectivity index (χ0v) is 12.8. The summed E-state index contributed by atoms with van der Waals surface area (Å²) >= 11 is 3.25. The third-order valence-electron chi connectivity index (χ3n) is 3.33. The van der Waals surface area contributed by atoms with E-state index in [1.165, 1.54) is 12.1 Å². The molecule has 0 unspecified atom stereocenters. The molecule has 0 radical (unpaired) electrons. The third kappa shape index (κ3) is 2.59. The summed E-state index contributed by atoms with van der Waals surface area (Å²) in [4.78, 5) is 16.8. The van der Waals surface area contributed by atoms with Gasteiger partial charge in [-0.05, 0) is 42.8 Å². The summed E-state index contributed by atoms with van der Waals surface area (Å²) in [6.07, 6.45) is 0. The number of hydrogen-bond acceptors (Lipinski definition) is 2. The van der Waals surface area contributed by atoms with Crippen molar-refractivity contribution in [2.24, 2.45) is 0 Å². The first-order valence-corrected chi connectivity index (χ1v) is 7.22. The molecule has 0 amide bonds. The van der Waals surface area contributed by atoms with E-state index in [1.807, 2.05) is 31.2 Å². The van der Waals surface area contributed by atoms with Gasteiger partial charge in [-0.2, -0.15) is 0 Å². The summed E-state index contributed by atoms with van der Waals surface area (Å²) in [5.74, 6) is -0.960. The number of rotatable bonds is 2. The number of benzene rings is 2. The van der Waals surface area contributed by atoms with Crippen LogP contribution < -0.4 is 0 Å². The van der Waals surface area contributed by atoms with Gasteiger partial charge in [-0.15, -0.1) is 0 Å². The molecular weight excluding hydrogens is 333 g/mol. The van der Waals surface area contributed by atoms with Gasteiger partial charge in [-0.3, -0.25) is 4.79 Å². The van der Waals surface area contributed by atoms with Crippen LogP contribution in [0.5, 0.6) is 0 Å². The standard InChI is InChI=1S/C17H11BrFNO/c1-10-8-16(20-15-5-3-2-4-12(10)15)17(21)13-9-11(18)6-7-14(13)19/h2-9H,1H3. The number of para-hydroxylation sites is 1. The summed E-state index contributed by atoms with van der Waals surface area (Å²) in [7, 11) is 0. The van der Waals surface area contributed by atoms with Gasteiger partial charge in [0.25, 0.3) is 0 Å². The lowest BCUT2D eigenvalue weighted by Gasteiger charge is -2.07. The molecule has 0 spiro atoms. The number of nitrogens with zero attached hydrogens (tertiary/aromatic N) is 1. The molecule has 21 heavy (non-hydrogen) atoms. The third-order valence-corrected chi connectivity index (χ3v) is 3.82. The highest BCUT2D eigenvalue weighted by atomic mass is 79.9. The average Bonchev–Trinajstić information content (AvgIpc) is 2.49. The molecule has 0 bridgehead atoms. The fourth-order valence-electron chi connectivity index (χ4n) is 2.28. The van der Waals surface area contributed by atoms with Gasteiger partial charge in [-0.1, -0.05) is 34.1 Å². The minimum atomic E-state index is -0.546. The number of carbonyl (C=O) groups excluding carboxylic acids is 1. The van der Waals surface area contributed by atoms with Crippen LogP contribution in [-0.4, -0.2) is 10.8 Å². The number of carbonyl (C=O) groups is 1. The molecule has 1 aromatic heterocycles. The smallest absolute Gasteiger partial charge is 0.214 e. The molecule has 104 valence electrons. The molecule has 0 saturated carbocycles. The molecule has 3 aromatic rings. The van der Waals surface area contributed by atoms with Crippen molar-refractivity contribution in [3.63, 3.8) is 0 Å². The van der Waals surface area contributed by atoms with E-state index in [1.54, 1.807) is 12.1 Å². The van der Waals surface area contributed by atoms with Crippen LogP contribution in [0.4, 0.5) is 4.39 Å². The van der Waals surface area contributed by atoms with Crippen LogP contribution in [0.25, 0.3) is 10.9 Å². The summed E-state index contributed by atoms with van der Waals surface area (Å²) in [6, 6.07) is 13.6. The summed E-state index contributed by atoms with van der Waals surface area (Å²) in [5, 5.41) is 0.990. The second kappa shape index (κ2) is 5.37. The van der Waals surface area contributed by atoms with E-state index < -0.39 is 11.6 Å². The lowest BCUT2D eigenvalue weighted by molar-refractivity contribution is 0.103. The van der Waals surface area contributed by atoms with Crippen molar-refractivity contribution in [3.8, 4) is 0 Å². The maximum absolute atomic E-state index is 13.9. The normalized spacial score (nSPS) is 10.8. The van der Waals surface area contributed by atoms with Crippen LogP contribution in [0.15, 0.2) is 53.0 Å². The van der Waals surface area contributed by atoms with Crippen LogP contribution in [0.3, 0.4) is 0 Å². The Kier molecular flexibility index (Phi) is 3.55. The fraction of sp³-hybridized carbons (Fsp3) is 0.0588. The lowest BCUT2D eigenvalue weighted by atomic mass is 10.0. The lowest BCUT2D eigenvalue weighted by Crippen LogP contribution is -2.07. The number of fused-ring (bicyclic) bond motifs is 1. The Morgan fingerprint density at radius 1 is 1.14 bits per heavy atom. The van der Waals surface area contributed by atoms with Gasteiger partial charge in [-0.25, -0.2) is 9.37 Å². The number of aryl methyl sites for hydroxylation is 1. The Morgan fingerprint density at radius 3 is 2.71 bits per heavy atom. The van der Waals surface area contributed by atoms with Gasteiger partial charge >= 0.3 is 0 Å². The first-order valence-electron chi connectivity index (χ1n) is 6.42. The predicted octanol–water partition coefficient (Wildman–Crippen LogP) is 4.68. The van der Waals surface area contributed by atoms with Crippen molar-refractivity contribution in [2.45, 2.75) is 6.92 Å². The predicted molar refractivity (Wildman–Crippen MR) is 84.0 cm³/mol. The molecule has 0 fully saturated rings. The van der Waals surface area contributed by atoms with Crippen LogP contribution in [-0.2, 0) is 0 Å². The van der Waals surface area contributed by atoms with Gasteiger partial charge in [0.1, 0.15) is 11.5 Å². The Hall–Kier alpha value is -2.07. The zero-order chi connectivity index (χ0) is 15.0. The highest BCUT2D eigenvalue weighted by Crippen LogP contribution is 2.22. The first-order chi connectivity index (χ1) is 10.1. The Balaban J connectivity index is 2.16. The van der Waals surface area contributed by atoms with E-state index in [2.05, 4.69) is 20.9 Å². The fourth-order valence-corrected chi connectivity index (χ4v) is 2.64. The topological polar surface area (TPSA) is 30.0 Å². The number of halogens is 2. The molecule has 0 aliphatic carbocycles. The van der Waals surface area contributed by atoms with Gasteiger partial charge in [0, 0.05) is 9.86 Å². The molecule has 3 rings (SSSR count). The van der Waals surface area contributed by atoms with Crippen LogP contribution in [0.1, 0.15) is 21.6 Å². The summed E-state index contributed by atoms with van der Waals surface area (Å²) in [5.41, 5.74) is 1.95. The van der Waals surface area contributed by atoms with Crippen molar-refractivity contribution in [1.82, 2.24) is 4.98 Å². The molecule has 0 atom stereocenters. The second-order valence-corrected chi connectivity index (χ2v) is 5.71. The van der Waals surface area contributed by atoms with Gasteiger partial charge in [0.05, 0.1) is 11.1 Å². The maximum atomic E-state index is 13.9. The molecule has 0 N–H and O–H groups in total. The Bertz CT molecular complexity index is 861. The van der Waals surface area contributed by atoms with Crippen molar-refractivity contribution in [3.05, 3.63) is 75.6 Å². The van der Waals surface area contributed by atoms with E-state index >= 15 is 0 Å². The van der Waals surface area contributed by atoms with Crippen molar-refractivity contribution >= 4 is 32.6 Å². The van der Waals surface area contributed by atoms with Crippen molar-refractivity contribution < 1.29 is 9.18 Å². The number of hydrogen-bond donors (Lipinski definition) is 0. The van der Waals surface area contributed by atoms with Crippen LogP contribution >= 0.6 is 15.9 Å². The van der Waals surface area contributed by atoms with E-state index in [0.717, 1.165) is 16.5 Å². The van der Waals surface area contributed by atoms with Crippen LogP contribution in [0, 0.1) is 12.7 Å². The minimum absolute atomic E-state index is 0.0200. The maximum Gasteiger partial charge on any atom is 0.214 e. The van der Waals surface area contributed by atoms with E-state index in [4.69, 9.17) is 0 Å². The quantitative estimate of drug-likeness (QED) is 0.632. The van der Waals surface area contributed by atoms with Gasteiger partial charge in [0.2, 0.25) is 5.78 Å². The highest BCUT2D eigenvalue weighted by molar-refractivity contribution is 9.10. The summed E-state index contributed by atoms with van der Waals surface area (Å²) < 4.78 is 14.5. The zero-order valence-electron chi connectivity index (χ0n) is 11.2.